The zero-order valence-corrected chi connectivity index (χ0v) is 13.0. The molecule has 0 saturated heterocycles. The maximum atomic E-state index is 10.7. The first-order chi connectivity index (χ1) is 9.74. The Hall–Kier alpha value is -1.37. The molecule has 4 nitrogen and oxygen atoms in total. The highest BCUT2D eigenvalue weighted by Crippen LogP contribution is 2.38. The molecule has 0 amide bonds. The van der Waals surface area contributed by atoms with Crippen LogP contribution in [0, 0.1) is 0 Å². The number of rotatable bonds is 5. The summed E-state index contributed by atoms with van der Waals surface area (Å²) >= 11 is 3.31. The minimum atomic E-state index is -0.691. The smallest absolute Gasteiger partial charge is 0.163 e. The zero-order chi connectivity index (χ0) is 14.1. The average molecular weight is 308 g/mol. The SMILES string of the molecule is CCCn1ncc(OC)c1C(O)c1cc2sccc2s1. The van der Waals surface area contributed by atoms with Crippen molar-refractivity contribution >= 4 is 32.1 Å². The molecular formula is C14H16N2O2S2. The second-order valence-corrected chi connectivity index (χ2v) is 6.58. The standard InChI is InChI=1S/C14H16N2O2S2/c1-3-5-16-13(9(18-2)8-15-16)14(17)12-7-11-10(20-12)4-6-19-11/h4,6-8,14,17H,3,5H2,1-2H3. The first-order valence-electron chi connectivity index (χ1n) is 6.49. The van der Waals surface area contributed by atoms with Gasteiger partial charge in [-0.05, 0) is 23.9 Å². The fraction of sp³-hybridized carbons (Fsp3) is 0.357. The molecule has 0 saturated carbocycles. The van der Waals surface area contributed by atoms with Gasteiger partial charge in [-0.15, -0.1) is 22.7 Å². The molecule has 20 heavy (non-hydrogen) atoms. The summed E-state index contributed by atoms with van der Waals surface area (Å²) in [4.78, 5) is 0.933. The van der Waals surface area contributed by atoms with Gasteiger partial charge in [-0.1, -0.05) is 6.92 Å². The molecule has 1 unspecified atom stereocenters. The number of hydrogen-bond donors (Lipinski definition) is 1. The van der Waals surface area contributed by atoms with E-state index in [-0.39, 0.29) is 0 Å². The Labute approximate surface area is 125 Å². The van der Waals surface area contributed by atoms with Gasteiger partial charge in [0.25, 0.3) is 0 Å². The number of aliphatic hydroxyl groups is 1. The van der Waals surface area contributed by atoms with E-state index in [9.17, 15) is 5.11 Å². The number of nitrogens with zero attached hydrogens (tertiary/aromatic N) is 2. The largest absolute Gasteiger partial charge is 0.493 e. The van der Waals surface area contributed by atoms with E-state index in [0.717, 1.165) is 23.5 Å². The van der Waals surface area contributed by atoms with Crippen molar-refractivity contribution in [2.75, 3.05) is 7.11 Å². The van der Waals surface area contributed by atoms with Crippen LogP contribution in [0.15, 0.2) is 23.7 Å². The minimum absolute atomic E-state index is 0.641. The molecule has 0 fully saturated rings. The van der Waals surface area contributed by atoms with E-state index in [0.29, 0.717) is 5.75 Å². The highest BCUT2D eigenvalue weighted by atomic mass is 32.1. The van der Waals surface area contributed by atoms with Gasteiger partial charge in [-0.3, -0.25) is 4.68 Å². The van der Waals surface area contributed by atoms with E-state index >= 15 is 0 Å². The second-order valence-electron chi connectivity index (χ2n) is 4.52. The lowest BCUT2D eigenvalue weighted by Gasteiger charge is -2.13. The Morgan fingerprint density at radius 2 is 2.30 bits per heavy atom. The summed E-state index contributed by atoms with van der Waals surface area (Å²) in [6.45, 7) is 2.86. The molecule has 0 aliphatic heterocycles. The molecule has 106 valence electrons. The lowest BCUT2D eigenvalue weighted by Crippen LogP contribution is -2.10. The van der Waals surface area contributed by atoms with Crippen LogP contribution in [0.25, 0.3) is 9.40 Å². The van der Waals surface area contributed by atoms with Crippen LogP contribution in [0.4, 0.5) is 0 Å². The van der Waals surface area contributed by atoms with Crippen molar-refractivity contribution in [3.63, 3.8) is 0 Å². The van der Waals surface area contributed by atoms with Gasteiger partial charge in [0.1, 0.15) is 11.8 Å². The van der Waals surface area contributed by atoms with E-state index < -0.39 is 6.10 Å². The van der Waals surface area contributed by atoms with Gasteiger partial charge in [0.2, 0.25) is 0 Å². The summed E-state index contributed by atoms with van der Waals surface area (Å²) in [6, 6.07) is 4.14. The third-order valence-electron chi connectivity index (χ3n) is 3.19. The first kappa shape index (κ1) is 13.6. The zero-order valence-electron chi connectivity index (χ0n) is 11.4. The Balaban J connectivity index is 2.02. The van der Waals surface area contributed by atoms with Crippen LogP contribution in [0.2, 0.25) is 0 Å². The highest BCUT2D eigenvalue weighted by Gasteiger charge is 2.23. The molecule has 0 aliphatic rings. The van der Waals surface area contributed by atoms with Crippen LogP contribution in [0.1, 0.15) is 30.0 Å². The maximum Gasteiger partial charge on any atom is 0.163 e. The lowest BCUT2D eigenvalue weighted by molar-refractivity contribution is 0.205. The summed E-state index contributed by atoms with van der Waals surface area (Å²) in [5.41, 5.74) is 0.739. The van der Waals surface area contributed by atoms with Crippen molar-refractivity contribution in [2.45, 2.75) is 26.0 Å². The summed E-state index contributed by atoms with van der Waals surface area (Å²) < 4.78 is 9.59. The van der Waals surface area contributed by atoms with E-state index in [2.05, 4.69) is 29.5 Å². The number of hydrogen-bond acceptors (Lipinski definition) is 5. The predicted octanol–water partition coefficient (Wildman–Crippen LogP) is 3.66. The van der Waals surface area contributed by atoms with Gasteiger partial charge >= 0.3 is 0 Å². The number of thiophene rings is 2. The number of fused-ring (bicyclic) bond motifs is 1. The summed E-state index contributed by atoms with van der Waals surface area (Å²) in [6.07, 6.45) is 1.94. The normalized spacial score (nSPS) is 12.9. The fourth-order valence-corrected chi connectivity index (χ4v) is 4.36. The van der Waals surface area contributed by atoms with Gasteiger partial charge < -0.3 is 9.84 Å². The van der Waals surface area contributed by atoms with Crippen molar-refractivity contribution in [3.05, 3.63) is 34.3 Å². The number of aryl methyl sites for hydroxylation is 1. The average Bonchev–Trinajstić information content (AvgIpc) is 3.11. The molecule has 3 rings (SSSR count). The molecule has 3 heterocycles. The summed E-state index contributed by atoms with van der Waals surface area (Å²) in [5, 5.41) is 17.1. The first-order valence-corrected chi connectivity index (χ1v) is 8.19. The van der Waals surface area contributed by atoms with Gasteiger partial charge in [0, 0.05) is 20.8 Å². The topological polar surface area (TPSA) is 47.3 Å². The fourth-order valence-electron chi connectivity index (χ4n) is 2.25. The number of ether oxygens (including phenoxy) is 1. The van der Waals surface area contributed by atoms with E-state index in [1.165, 1.54) is 9.40 Å². The molecular weight excluding hydrogens is 292 g/mol. The van der Waals surface area contributed by atoms with E-state index in [4.69, 9.17) is 4.74 Å². The molecule has 3 aromatic heterocycles. The summed E-state index contributed by atoms with van der Waals surface area (Å²) in [5.74, 6) is 0.641. The quantitative estimate of drug-likeness (QED) is 0.782. The van der Waals surface area contributed by atoms with Crippen LogP contribution < -0.4 is 4.74 Å². The van der Waals surface area contributed by atoms with Crippen molar-refractivity contribution in [1.82, 2.24) is 9.78 Å². The second kappa shape index (κ2) is 5.55. The van der Waals surface area contributed by atoms with Crippen molar-refractivity contribution in [3.8, 4) is 5.75 Å². The van der Waals surface area contributed by atoms with Crippen LogP contribution in [-0.4, -0.2) is 22.0 Å². The minimum Gasteiger partial charge on any atom is -0.493 e. The Kier molecular flexibility index (Phi) is 3.78. The lowest BCUT2D eigenvalue weighted by atomic mass is 10.2. The van der Waals surface area contributed by atoms with Gasteiger partial charge in [-0.2, -0.15) is 5.10 Å². The molecule has 3 aromatic rings. The number of methoxy groups -OCH3 is 1. The predicted molar refractivity (Wildman–Crippen MR) is 82.8 cm³/mol. The molecule has 1 N–H and O–H groups in total. The number of aliphatic hydroxyl groups excluding tert-OH is 1. The Bertz CT molecular complexity index is 685. The Morgan fingerprint density at radius 3 is 3.00 bits per heavy atom. The third kappa shape index (κ3) is 2.24. The highest BCUT2D eigenvalue weighted by molar-refractivity contribution is 7.26. The van der Waals surface area contributed by atoms with Crippen LogP contribution in [-0.2, 0) is 6.54 Å². The van der Waals surface area contributed by atoms with Crippen LogP contribution >= 0.6 is 22.7 Å². The molecule has 0 spiro atoms. The number of aromatic nitrogens is 2. The van der Waals surface area contributed by atoms with Crippen molar-refractivity contribution < 1.29 is 9.84 Å². The van der Waals surface area contributed by atoms with Crippen LogP contribution in [0.5, 0.6) is 5.75 Å². The maximum absolute atomic E-state index is 10.7. The molecule has 0 radical (unpaired) electrons. The van der Waals surface area contributed by atoms with E-state index in [1.54, 1.807) is 36.0 Å². The Morgan fingerprint density at radius 1 is 1.45 bits per heavy atom. The summed E-state index contributed by atoms with van der Waals surface area (Å²) in [7, 11) is 1.61. The molecule has 0 aromatic carbocycles. The monoisotopic (exact) mass is 308 g/mol. The van der Waals surface area contributed by atoms with Gasteiger partial charge in [0.15, 0.2) is 5.75 Å². The van der Waals surface area contributed by atoms with Crippen molar-refractivity contribution in [2.24, 2.45) is 0 Å². The van der Waals surface area contributed by atoms with Crippen LogP contribution in [0.3, 0.4) is 0 Å². The van der Waals surface area contributed by atoms with Crippen molar-refractivity contribution in [1.29, 1.82) is 0 Å². The van der Waals surface area contributed by atoms with Gasteiger partial charge in [0.05, 0.1) is 13.3 Å². The molecule has 6 heteroatoms. The van der Waals surface area contributed by atoms with E-state index in [1.807, 2.05) is 4.68 Å². The third-order valence-corrected chi connectivity index (χ3v) is 5.33. The molecule has 1 atom stereocenters. The molecule has 0 aliphatic carbocycles. The molecule has 0 bridgehead atoms. The van der Waals surface area contributed by atoms with Gasteiger partial charge in [-0.25, -0.2) is 0 Å².